The van der Waals surface area contributed by atoms with E-state index in [1.54, 1.807) is 0 Å². The standard InChI is InChI=1S/C16H21NO/c18-16-14(11-12-7-9-17-10-8-12)6-5-13-3-1-2-4-15(13)16/h1-4,12,14,17H,5-11H2. The average molecular weight is 243 g/mol. The van der Waals surface area contributed by atoms with Gasteiger partial charge in [-0.25, -0.2) is 0 Å². The Morgan fingerprint density at radius 1 is 1.11 bits per heavy atom. The Labute approximate surface area is 109 Å². The number of carbonyl (C=O) groups is 1. The molecule has 2 heteroatoms. The maximum absolute atomic E-state index is 12.5. The number of Topliss-reactive ketones (excluding diaryl/α,β-unsaturated/α-hetero) is 1. The van der Waals surface area contributed by atoms with Crippen molar-refractivity contribution in [1.29, 1.82) is 0 Å². The minimum absolute atomic E-state index is 0.281. The largest absolute Gasteiger partial charge is 0.317 e. The van der Waals surface area contributed by atoms with E-state index in [-0.39, 0.29) is 5.92 Å². The topological polar surface area (TPSA) is 29.1 Å². The van der Waals surface area contributed by atoms with Gasteiger partial charge in [0.25, 0.3) is 0 Å². The molecule has 0 spiro atoms. The van der Waals surface area contributed by atoms with Gasteiger partial charge in [0.2, 0.25) is 0 Å². The minimum atomic E-state index is 0.281. The summed E-state index contributed by atoms with van der Waals surface area (Å²) in [4.78, 5) is 12.5. The fraction of sp³-hybridized carbons (Fsp3) is 0.562. The number of nitrogens with one attached hydrogen (secondary N) is 1. The molecule has 1 aliphatic heterocycles. The van der Waals surface area contributed by atoms with Crippen LogP contribution >= 0.6 is 0 Å². The molecule has 3 rings (SSSR count). The Hall–Kier alpha value is -1.15. The zero-order valence-electron chi connectivity index (χ0n) is 10.8. The number of aryl methyl sites for hydroxylation is 1. The highest BCUT2D eigenvalue weighted by Gasteiger charge is 2.29. The highest BCUT2D eigenvalue weighted by molar-refractivity contribution is 6.00. The summed E-state index contributed by atoms with van der Waals surface area (Å²) >= 11 is 0. The molecule has 0 aromatic heterocycles. The number of benzene rings is 1. The highest BCUT2D eigenvalue weighted by atomic mass is 16.1. The second-order valence-electron chi connectivity index (χ2n) is 5.69. The molecule has 2 nitrogen and oxygen atoms in total. The molecule has 2 aliphatic rings. The fourth-order valence-corrected chi connectivity index (χ4v) is 3.40. The highest BCUT2D eigenvalue weighted by Crippen LogP contribution is 2.31. The molecule has 0 saturated carbocycles. The van der Waals surface area contributed by atoms with Gasteiger partial charge in [-0.1, -0.05) is 24.3 Å². The molecule has 1 atom stereocenters. The van der Waals surface area contributed by atoms with Crippen molar-refractivity contribution in [3.05, 3.63) is 35.4 Å². The average Bonchev–Trinajstić information content (AvgIpc) is 2.43. The summed E-state index contributed by atoms with van der Waals surface area (Å²) in [5, 5.41) is 3.39. The van der Waals surface area contributed by atoms with E-state index in [1.165, 1.54) is 18.4 Å². The first-order valence-electron chi connectivity index (χ1n) is 7.17. The molecule has 96 valence electrons. The first kappa shape index (κ1) is 11.9. The van der Waals surface area contributed by atoms with Crippen molar-refractivity contribution in [1.82, 2.24) is 5.32 Å². The third-order valence-corrected chi connectivity index (χ3v) is 4.49. The number of hydrogen-bond donors (Lipinski definition) is 1. The first-order chi connectivity index (χ1) is 8.84. The van der Waals surface area contributed by atoms with Gasteiger partial charge in [0.05, 0.1) is 0 Å². The molecule has 18 heavy (non-hydrogen) atoms. The van der Waals surface area contributed by atoms with Crippen LogP contribution in [-0.2, 0) is 6.42 Å². The molecule has 0 bridgehead atoms. The van der Waals surface area contributed by atoms with Gasteiger partial charge >= 0.3 is 0 Å². The zero-order valence-corrected chi connectivity index (χ0v) is 10.8. The predicted octanol–water partition coefficient (Wildman–Crippen LogP) is 2.82. The fourth-order valence-electron chi connectivity index (χ4n) is 3.40. The second-order valence-corrected chi connectivity index (χ2v) is 5.69. The predicted molar refractivity (Wildman–Crippen MR) is 72.8 cm³/mol. The van der Waals surface area contributed by atoms with Crippen LogP contribution in [0, 0.1) is 11.8 Å². The normalized spacial score (nSPS) is 24.9. The van der Waals surface area contributed by atoms with Gasteiger partial charge in [-0.05, 0) is 56.7 Å². The van der Waals surface area contributed by atoms with Crippen LogP contribution in [0.2, 0.25) is 0 Å². The van der Waals surface area contributed by atoms with Crippen LogP contribution in [0.5, 0.6) is 0 Å². The maximum Gasteiger partial charge on any atom is 0.166 e. The van der Waals surface area contributed by atoms with Gasteiger partial charge in [0.1, 0.15) is 0 Å². The minimum Gasteiger partial charge on any atom is -0.317 e. The van der Waals surface area contributed by atoms with Crippen LogP contribution in [0.4, 0.5) is 0 Å². The van der Waals surface area contributed by atoms with Crippen LogP contribution in [0.25, 0.3) is 0 Å². The van der Waals surface area contributed by atoms with Crippen LogP contribution in [0.15, 0.2) is 24.3 Å². The number of rotatable bonds is 2. The zero-order chi connectivity index (χ0) is 12.4. The van der Waals surface area contributed by atoms with E-state index in [0.29, 0.717) is 5.78 Å². The van der Waals surface area contributed by atoms with Crippen LogP contribution in [-0.4, -0.2) is 18.9 Å². The third-order valence-electron chi connectivity index (χ3n) is 4.49. The van der Waals surface area contributed by atoms with E-state index in [9.17, 15) is 4.79 Å². The van der Waals surface area contributed by atoms with E-state index in [2.05, 4.69) is 11.4 Å². The third kappa shape index (κ3) is 2.35. The van der Waals surface area contributed by atoms with Crippen LogP contribution < -0.4 is 5.32 Å². The Morgan fingerprint density at radius 3 is 2.72 bits per heavy atom. The van der Waals surface area contributed by atoms with Crippen molar-refractivity contribution in [2.75, 3.05) is 13.1 Å². The summed E-state index contributed by atoms with van der Waals surface area (Å²) < 4.78 is 0. The summed E-state index contributed by atoms with van der Waals surface area (Å²) in [7, 11) is 0. The molecular weight excluding hydrogens is 222 g/mol. The lowest BCUT2D eigenvalue weighted by molar-refractivity contribution is 0.0873. The summed E-state index contributed by atoms with van der Waals surface area (Å²) in [6.07, 6.45) is 5.73. The van der Waals surface area contributed by atoms with E-state index in [1.807, 2.05) is 18.2 Å². The van der Waals surface area contributed by atoms with Crippen molar-refractivity contribution in [2.24, 2.45) is 11.8 Å². The maximum atomic E-state index is 12.5. The lowest BCUT2D eigenvalue weighted by Gasteiger charge is -2.29. The molecule has 1 unspecified atom stereocenters. The summed E-state index contributed by atoms with van der Waals surface area (Å²) in [5.74, 6) is 1.43. The summed E-state index contributed by atoms with van der Waals surface area (Å²) in [5.41, 5.74) is 2.24. The smallest absolute Gasteiger partial charge is 0.166 e. The number of piperidine rings is 1. The number of hydrogen-bond acceptors (Lipinski definition) is 2. The molecule has 1 aromatic carbocycles. The van der Waals surface area contributed by atoms with Crippen molar-refractivity contribution in [2.45, 2.75) is 32.1 Å². The molecule has 1 fully saturated rings. The van der Waals surface area contributed by atoms with E-state index in [4.69, 9.17) is 0 Å². The Kier molecular flexibility index (Phi) is 3.46. The van der Waals surface area contributed by atoms with E-state index in [0.717, 1.165) is 43.8 Å². The molecular formula is C16H21NO. The molecule has 1 heterocycles. The first-order valence-corrected chi connectivity index (χ1v) is 7.17. The monoisotopic (exact) mass is 243 g/mol. The van der Waals surface area contributed by atoms with Gasteiger partial charge in [-0.2, -0.15) is 0 Å². The van der Waals surface area contributed by atoms with E-state index >= 15 is 0 Å². The quantitative estimate of drug-likeness (QED) is 0.865. The van der Waals surface area contributed by atoms with Crippen molar-refractivity contribution >= 4 is 5.78 Å². The van der Waals surface area contributed by atoms with Gasteiger partial charge in [0.15, 0.2) is 5.78 Å². The van der Waals surface area contributed by atoms with Gasteiger partial charge < -0.3 is 5.32 Å². The lowest BCUT2D eigenvalue weighted by Crippen LogP contribution is -2.31. The van der Waals surface area contributed by atoms with Gasteiger partial charge in [-0.15, -0.1) is 0 Å². The number of ketones is 1. The molecule has 1 aromatic rings. The summed E-state index contributed by atoms with van der Waals surface area (Å²) in [6.45, 7) is 2.25. The van der Waals surface area contributed by atoms with Crippen LogP contribution in [0.1, 0.15) is 41.6 Å². The number of fused-ring (bicyclic) bond motifs is 1. The molecule has 0 amide bonds. The van der Waals surface area contributed by atoms with Gasteiger partial charge in [-0.3, -0.25) is 4.79 Å². The molecule has 1 saturated heterocycles. The van der Waals surface area contributed by atoms with Crippen molar-refractivity contribution < 1.29 is 4.79 Å². The SMILES string of the molecule is O=C1c2ccccc2CCC1CC1CCNCC1. The molecule has 1 N–H and O–H groups in total. The molecule has 0 radical (unpaired) electrons. The van der Waals surface area contributed by atoms with Crippen LogP contribution in [0.3, 0.4) is 0 Å². The number of carbonyl (C=O) groups excluding carboxylic acids is 1. The summed E-state index contributed by atoms with van der Waals surface area (Å²) in [6, 6.07) is 8.14. The van der Waals surface area contributed by atoms with Crippen molar-refractivity contribution in [3.8, 4) is 0 Å². The van der Waals surface area contributed by atoms with Gasteiger partial charge in [0, 0.05) is 11.5 Å². The molecule has 1 aliphatic carbocycles. The Balaban J connectivity index is 1.70. The Bertz CT molecular complexity index is 434. The Morgan fingerprint density at radius 2 is 1.89 bits per heavy atom. The van der Waals surface area contributed by atoms with Crippen molar-refractivity contribution in [3.63, 3.8) is 0 Å². The lowest BCUT2D eigenvalue weighted by atomic mass is 9.77. The second kappa shape index (κ2) is 5.23. The van der Waals surface area contributed by atoms with E-state index < -0.39 is 0 Å².